The normalized spacial score (nSPS) is 13.2. The molecular formula is C7H13BrO3. The summed E-state index contributed by atoms with van der Waals surface area (Å²) in [6.45, 7) is 3.55. The maximum atomic E-state index is 10.8. The third-order valence-electron chi connectivity index (χ3n) is 0.948. The molecule has 0 aliphatic carbocycles. The molecule has 0 saturated heterocycles. The number of carbonyl (C=O) groups is 1. The van der Waals surface area contributed by atoms with E-state index < -0.39 is 6.10 Å². The van der Waals surface area contributed by atoms with Gasteiger partial charge in [-0.05, 0) is 13.8 Å². The maximum Gasteiger partial charge on any atom is 0.308 e. The molecule has 3 nitrogen and oxygen atoms in total. The summed E-state index contributed by atoms with van der Waals surface area (Å²) in [5, 5.41) is 9.40. The van der Waals surface area contributed by atoms with Crippen LogP contribution in [0.25, 0.3) is 0 Å². The van der Waals surface area contributed by atoms with Crippen LogP contribution < -0.4 is 0 Å². The third-order valence-corrected chi connectivity index (χ3v) is 1.69. The number of esters is 1. The summed E-state index contributed by atoms with van der Waals surface area (Å²) < 4.78 is 4.80. The Morgan fingerprint density at radius 1 is 1.64 bits per heavy atom. The quantitative estimate of drug-likeness (QED) is 0.575. The highest BCUT2D eigenvalue weighted by Crippen LogP contribution is 2.00. The first kappa shape index (κ1) is 10.9. The van der Waals surface area contributed by atoms with E-state index in [9.17, 15) is 4.79 Å². The van der Waals surface area contributed by atoms with Crippen LogP contribution >= 0.6 is 15.9 Å². The van der Waals surface area contributed by atoms with Crippen LogP contribution in [-0.2, 0) is 9.53 Å². The molecule has 0 spiro atoms. The molecular weight excluding hydrogens is 212 g/mol. The second-order valence-corrected chi connectivity index (χ2v) is 3.20. The van der Waals surface area contributed by atoms with Crippen LogP contribution in [0.15, 0.2) is 0 Å². The number of alkyl halides is 1. The number of hydrogen-bond donors (Lipinski definition) is 1. The van der Waals surface area contributed by atoms with E-state index in [1.54, 1.807) is 13.8 Å². The fourth-order valence-corrected chi connectivity index (χ4v) is 0.787. The van der Waals surface area contributed by atoms with Crippen molar-refractivity contribution in [2.75, 3.05) is 5.33 Å². The molecule has 66 valence electrons. The van der Waals surface area contributed by atoms with Gasteiger partial charge < -0.3 is 9.84 Å². The van der Waals surface area contributed by atoms with E-state index in [0.717, 1.165) is 0 Å². The molecule has 4 heteroatoms. The van der Waals surface area contributed by atoms with Crippen LogP contribution in [-0.4, -0.2) is 28.6 Å². The third kappa shape index (κ3) is 6.31. The minimum Gasteiger partial charge on any atom is -0.463 e. The van der Waals surface area contributed by atoms with E-state index >= 15 is 0 Å². The van der Waals surface area contributed by atoms with Gasteiger partial charge in [0.2, 0.25) is 0 Å². The first-order valence-electron chi connectivity index (χ1n) is 3.49. The van der Waals surface area contributed by atoms with Crippen LogP contribution in [0.5, 0.6) is 0 Å². The van der Waals surface area contributed by atoms with E-state index in [1.165, 1.54) is 0 Å². The molecule has 0 aromatic carbocycles. The summed E-state index contributed by atoms with van der Waals surface area (Å²) in [5.41, 5.74) is 0. The van der Waals surface area contributed by atoms with Gasteiger partial charge >= 0.3 is 5.97 Å². The predicted molar refractivity (Wildman–Crippen MR) is 45.6 cm³/mol. The molecule has 0 saturated carbocycles. The Kier molecular flexibility index (Phi) is 5.50. The molecule has 0 aromatic rings. The number of ether oxygens (including phenoxy) is 1. The Hall–Kier alpha value is -0.0900. The Bertz CT molecular complexity index is 125. The Morgan fingerprint density at radius 3 is 2.55 bits per heavy atom. The van der Waals surface area contributed by atoms with Crippen molar-refractivity contribution in [3.05, 3.63) is 0 Å². The monoisotopic (exact) mass is 224 g/mol. The fraction of sp³-hybridized carbons (Fsp3) is 0.857. The lowest BCUT2D eigenvalue weighted by Gasteiger charge is -2.09. The molecule has 0 bridgehead atoms. The summed E-state index contributed by atoms with van der Waals surface area (Å²) in [5.74, 6) is -0.355. The molecule has 0 aliphatic rings. The van der Waals surface area contributed by atoms with Gasteiger partial charge in [0.25, 0.3) is 0 Å². The summed E-state index contributed by atoms with van der Waals surface area (Å²) in [4.78, 5) is 10.8. The van der Waals surface area contributed by atoms with Crippen molar-refractivity contribution in [2.24, 2.45) is 0 Å². The molecule has 0 unspecified atom stereocenters. The van der Waals surface area contributed by atoms with Crippen LogP contribution in [0, 0.1) is 0 Å². The fourth-order valence-electron chi connectivity index (χ4n) is 0.558. The van der Waals surface area contributed by atoms with Gasteiger partial charge in [0.15, 0.2) is 0 Å². The van der Waals surface area contributed by atoms with E-state index in [0.29, 0.717) is 5.33 Å². The van der Waals surface area contributed by atoms with Crippen molar-refractivity contribution in [3.8, 4) is 0 Å². The van der Waals surface area contributed by atoms with Crippen LogP contribution in [0.2, 0.25) is 0 Å². The van der Waals surface area contributed by atoms with Gasteiger partial charge in [-0.3, -0.25) is 4.79 Å². The average molecular weight is 225 g/mol. The van der Waals surface area contributed by atoms with Gasteiger partial charge in [0, 0.05) is 5.33 Å². The standard InChI is InChI=1S/C7H13BrO3/c1-5(2)11-7(10)3-6(9)4-8/h5-6,9H,3-4H2,1-2H3/t6-/m0/s1. The van der Waals surface area contributed by atoms with Gasteiger partial charge in [0.05, 0.1) is 18.6 Å². The lowest BCUT2D eigenvalue weighted by Crippen LogP contribution is -2.19. The van der Waals surface area contributed by atoms with Crippen molar-refractivity contribution in [1.82, 2.24) is 0 Å². The molecule has 1 atom stereocenters. The van der Waals surface area contributed by atoms with Crippen molar-refractivity contribution < 1.29 is 14.6 Å². The van der Waals surface area contributed by atoms with Crippen molar-refractivity contribution in [2.45, 2.75) is 32.5 Å². The highest BCUT2D eigenvalue weighted by molar-refractivity contribution is 9.09. The topological polar surface area (TPSA) is 46.5 Å². The van der Waals surface area contributed by atoms with Gasteiger partial charge in [-0.25, -0.2) is 0 Å². The zero-order valence-corrected chi connectivity index (χ0v) is 8.30. The minimum absolute atomic E-state index is 0.0590. The van der Waals surface area contributed by atoms with Crippen LogP contribution in [0.3, 0.4) is 0 Å². The van der Waals surface area contributed by atoms with Crippen molar-refractivity contribution >= 4 is 21.9 Å². The Balaban J connectivity index is 3.52. The number of halogens is 1. The lowest BCUT2D eigenvalue weighted by molar-refractivity contribution is -0.149. The van der Waals surface area contributed by atoms with Crippen LogP contribution in [0.1, 0.15) is 20.3 Å². The van der Waals surface area contributed by atoms with E-state index in [1.807, 2.05) is 0 Å². The van der Waals surface area contributed by atoms with Gasteiger partial charge in [-0.15, -0.1) is 0 Å². The molecule has 0 radical (unpaired) electrons. The highest BCUT2D eigenvalue weighted by Gasteiger charge is 2.11. The smallest absolute Gasteiger partial charge is 0.308 e. The second kappa shape index (κ2) is 5.55. The minimum atomic E-state index is -0.638. The molecule has 0 heterocycles. The van der Waals surface area contributed by atoms with Gasteiger partial charge in [-0.2, -0.15) is 0 Å². The second-order valence-electron chi connectivity index (χ2n) is 2.55. The zero-order chi connectivity index (χ0) is 8.85. The van der Waals surface area contributed by atoms with E-state index in [-0.39, 0.29) is 18.5 Å². The van der Waals surface area contributed by atoms with Crippen LogP contribution in [0.4, 0.5) is 0 Å². The molecule has 0 fully saturated rings. The predicted octanol–water partition coefficient (Wildman–Crippen LogP) is 1.08. The summed E-state index contributed by atoms with van der Waals surface area (Å²) in [6, 6.07) is 0. The Morgan fingerprint density at radius 2 is 2.18 bits per heavy atom. The first-order chi connectivity index (χ1) is 5.06. The largest absolute Gasteiger partial charge is 0.463 e. The van der Waals surface area contributed by atoms with E-state index in [4.69, 9.17) is 9.84 Å². The van der Waals surface area contributed by atoms with Gasteiger partial charge in [0.1, 0.15) is 0 Å². The Labute approximate surface area is 74.9 Å². The van der Waals surface area contributed by atoms with E-state index in [2.05, 4.69) is 15.9 Å². The summed E-state index contributed by atoms with van der Waals surface area (Å²) >= 11 is 3.05. The van der Waals surface area contributed by atoms with Crippen molar-refractivity contribution in [1.29, 1.82) is 0 Å². The number of carbonyl (C=O) groups excluding carboxylic acids is 1. The molecule has 0 aromatic heterocycles. The maximum absolute atomic E-state index is 10.8. The molecule has 11 heavy (non-hydrogen) atoms. The molecule has 0 rings (SSSR count). The average Bonchev–Trinajstić information content (AvgIpc) is 1.85. The lowest BCUT2D eigenvalue weighted by atomic mass is 10.3. The number of aliphatic hydroxyl groups excluding tert-OH is 1. The molecule has 1 N–H and O–H groups in total. The first-order valence-corrected chi connectivity index (χ1v) is 4.62. The highest BCUT2D eigenvalue weighted by atomic mass is 79.9. The number of hydrogen-bond acceptors (Lipinski definition) is 3. The number of rotatable bonds is 4. The summed E-state index contributed by atoms with van der Waals surface area (Å²) in [6.07, 6.45) is -0.685. The molecule has 0 aliphatic heterocycles. The zero-order valence-electron chi connectivity index (χ0n) is 6.71. The van der Waals surface area contributed by atoms with Gasteiger partial charge in [-0.1, -0.05) is 15.9 Å². The summed E-state index contributed by atoms with van der Waals surface area (Å²) in [7, 11) is 0. The van der Waals surface area contributed by atoms with Crippen molar-refractivity contribution in [3.63, 3.8) is 0 Å². The number of aliphatic hydroxyl groups is 1. The SMILES string of the molecule is CC(C)OC(=O)C[C@H](O)CBr. The molecule has 0 amide bonds.